The molecular formula is C11H9F2OTi-. The third-order valence-corrected chi connectivity index (χ3v) is 2.15. The zero-order chi connectivity index (χ0) is 10.0. The van der Waals surface area contributed by atoms with Gasteiger partial charge in [-0.05, 0) is 17.5 Å². The van der Waals surface area contributed by atoms with Crippen LogP contribution in [0.5, 0.6) is 0 Å². The first-order valence-electron chi connectivity index (χ1n) is 4.28. The zero-order valence-electron chi connectivity index (χ0n) is 7.91. The van der Waals surface area contributed by atoms with E-state index in [1.54, 1.807) is 12.2 Å². The summed E-state index contributed by atoms with van der Waals surface area (Å²) in [5.74, 6) is -0.564. The van der Waals surface area contributed by atoms with Crippen LogP contribution in [-0.4, -0.2) is 12.3 Å². The smallest absolute Gasteiger partial charge is 0.111 e. The van der Waals surface area contributed by atoms with E-state index in [1.165, 1.54) is 24.5 Å². The molecule has 0 aromatic carbocycles. The second kappa shape index (κ2) is 4.82. The molecule has 1 atom stereocenters. The van der Waals surface area contributed by atoms with E-state index in [4.69, 9.17) is 4.74 Å². The minimum absolute atomic E-state index is 0. The summed E-state index contributed by atoms with van der Waals surface area (Å²) < 4.78 is 31.9. The van der Waals surface area contributed by atoms with E-state index in [1.807, 2.05) is 0 Å². The van der Waals surface area contributed by atoms with Crippen molar-refractivity contribution in [1.82, 2.24) is 0 Å². The summed E-state index contributed by atoms with van der Waals surface area (Å²) in [6, 6.07) is 0. The standard InChI is InChI=1S/C11H9F2O.Ti/c12-10-4-1-5-11(13,7-10)9-3-2-6-14-8-9;/h1-7H,8H2;/q-1;. The average molecular weight is 243 g/mol. The van der Waals surface area contributed by atoms with Gasteiger partial charge in [-0.15, -0.1) is 6.08 Å². The van der Waals surface area contributed by atoms with Crippen LogP contribution in [0.15, 0.2) is 48.0 Å². The van der Waals surface area contributed by atoms with Gasteiger partial charge in [-0.1, -0.05) is 12.2 Å². The van der Waals surface area contributed by atoms with Crippen molar-refractivity contribution in [3.8, 4) is 0 Å². The number of hydrogen-bond donors (Lipinski definition) is 0. The number of alkyl halides is 1. The van der Waals surface area contributed by atoms with Gasteiger partial charge in [0.1, 0.15) is 12.3 Å². The fourth-order valence-electron chi connectivity index (χ4n) is 1.41. The second-order valence-corrected chi connectivity index (χ2v) is 3.15. The van der Waals surface area contributed by atoms with Crippen LogP contribution in [0, 0.1) is 6.42 Å². The van der Waals surface area contributed by atoms with Gasteiger partial charge in [0.2, 0.25) is 0 Å². The molecule has 1 heterocycles. The Morgan fingerprint density at radius 1 is 1.33 bits per heavy atom. The number of halogens is 2. The second-order valence-electron chi connectivity index (χ2n) is 3.15. The molecule has 78 valence electrons. The molecule has 0 saturated heterocycles. The van der Waals surface area contributed by atoms with Gasteiger partial charge >= 0.3 is 0 Å². The molecule has 1 nitrogen and oxygen atoms in total. The van der Waals surface area contributed by atoms with Gasteiger partial charge in [-0.3, -0.25) is 0 Å². The Morgan fingerprint density at radius 3 is 2.73 bits per heavy atom. The summed E-state index contributed by atoms with van der Waals surface area (Å²) in [6.45, 7) is 0.154. The first-order valence-corrected chi connectivity index (χ1v) is 4.28. The summed E-state index contributed by atoms with van der Waals surface area (Å²) in [5, 5.41) is 0. The predicted octanol–water partition coefficient (Wildman–Crippen LogP) is 2.79. The molecule has 0 spiro atoms. The van der Waals surface area contributed by atoms with E-state index < -0.39 is 11.5 Å². The van der Waals surface area contributed by atoms with E-state index in [0.717, 1.165) is 6.42 Å². The molecule has 1 aliphatic carbocycles. The third-order valence-electron chi connectivity index (χ3n) is 2.15. The maximum atomic E-state index is 14.1. The maximum absolute atomic E-state index is 14.1. The van der Waals surface area contributed by atoms with Crippen molar-refractivity contribution < 1.29 is 35.2 Å². The van der Waals surface area contributed by atoms with Gasteiger partial charge < -0.3 is 4.74 Å². The Labute approximate surface area is 102 Å². The Bertz CT molecular complexity index is 358. The van der Waals surface area contributed by atoms with Crippen LogP contribution in [0.25, 0.3) is 0 Å². The number of hydrogen-bond acceptors (Lipinski definition) is 1. The monoisotopic (exact) mass is 243 g/mol. The topological polar surface area (TPSA) is 9.23 Å². The molecule has 0 fully saturated rings. The van der Waals surface area contributed by atoms with Crippen LogP contribution in [0.1, 0.15) is 0 Å². The van der Waals surface area contributed by atoms with Crippen molar-refractivity contribution in [1.29, 1.82) is 0 Å². The molecule has 0 radical (unpaired) electrons. The summed E-state index contributed by atoms with van der Waals surface area (Å²) in [7, 11) is 0. The fourth-order valence-corrected chi connectivity index (χ4v) is 1.41. The van der Waals surface area contributed by atoms with Gasteiger partial charge in [0.05, 0.1) is 6.26 Å². The number of rotatable bonds is 1. The van der Waals surface area contributed by atoms with Crippen molar-refractivity contribution in [3.05, 3.63) is 54.5 Å². The van der Waals surface area contributed by atoms with Crippen LogP contribution in [0.3, 0.4) is 0 Å². The molecule has 2 rings (SSSR count). The van der Waals surface area contributed by atoms with E-state index in [9.17, 15) is 8.78 Å². The molecule has 1 aliphatic heterocycles. The van der Waals surface area contributed by atoms with E-state index in [0.29, 0.717) is 5.57 Å². The molecule has 1 unspecified atom stereocenters. The summed E-state index contributed by atoms with van der Waals surface area (Å²) in [5.41, 5.74) is -1.44. The zero-order valence-corrected chi connectivity index (χ0v) is 9.47. The number of allylic oxidation sites excluding steroid dienone is 6. The van der Waals surface area contributed by atoms with Gasteiger partial charge in [0.25, 0.3) is 0 Å². The third kappa shape index (κ3) is 2.61. The quantitative estimate of drug-likeness (QED) is 0.508. The van der Waals surface area contributed by atoms with Gasteiger partial charge in [0, 0.05) is 21.7 Å². The molecule has 2 aliphatic rings. The molecule has 4 heteroatoms. The van der Waals surface area contributed by atoms with Gasteiger partial charge in [-0.2, -0.15) is 12.5 Å². The molecule has 0 aromatic rings. The molecule has 0 aromatic heterocycles. The fraction of sp³-hybridized carbons (Fsp3) is 0.182. The van der Waals surface area contributed by atoms with Crippen molar-refractivity contribution in [2.45, 2.75) is 5.67 Å². The van der Waals surface area contributed by atoms with Crippen LogP contribution >= 0.6 is 0 Å². The molecule has 0 bridgehead atoms. The SMILES string of the molecule is FC1=CC=CC(F)(C2=CC=COC2)[CH-]1.[Ti]. The molecule has 0 saturated carbocycles. The molecule has 0 amide bonds. The van der Waals surface area contributed by atoms with Crippen LogP contribution in [-0.2, 0) is 26.5 Å². The molecule has 15 heavy (non-hydrogen) atoms. The largest absolute Gasteiger partial charge is 0.497 e. The Hall–Kier alpha value is -0.796. The van der Waals surface area contributed by atoms with Crippen LogP contribution < -0.4 is 0 Å². The van der Waals surface area contributed by atoms with Crippen molar-refractivity contribution in [2.75, 3.05) is 6.61 Å². The minimum atomic E-state index is -1.84. The van der Waals surface area contributed by atoms with Crippen LogP contribution in [0.2, 0.25) is 0 Å². The first kappa shape index (κ1) is 12.3. The van der Waals surface area contributed by atoms with E-state index in [-0.39, 0.29) is 28.3 Å². The Balaban J connectivity index is 0.00000112. The molecular weight excluding hydrogens is 234 g/mol. The van der Waals surface area contributed by atoms with Gasteiger partial charge in [-0.25, -0.2) is 8.78 Å². The Morgan fingerprint density at radius 2 is 2.13 bits per heavy atom. The van der Waals surface area contributed by atoms with Crippen LogP contribution in [0.4, 0.5) is 8.78 Å². The summed E-state index contributed by atoms with van der Waals surface area (Å²) >= 11 is 0. The van der Waals surface area contributed by atoms with Crippen molar-refractivity contribution in [3.63, 3.8) is 0 Å². The summed E-state index contributed by atoms with van der Waals surface area (Å²) in [4.78, 5) is 0. The maximum Gasteiger partial charge on any atom is 0.111 e. The molecule has 0 N–H and O–H groups in total. The van der Waals surface area contributed by atoms with E-state index in [2.05, 4.69) is 0 Å². The number of ether oxygens (including phenoxy) is 1. The summed E-state index contributed by atoms with van der Waals surface area (Å²) in [6.07, 6.45) is 9.52. The average Bonchev–Trinajstić information content (AvgIpc) is 2.19. The first-order chi connectivity index (χ1) is 6.71. The predicted molar refractivity (Wildman–Crippen MR) is 49.6 cm³/mol. The van der Waals surface area contributed by atoms with Crippen molar-refractivity contribution >= 4 is 0 Å². The van der Waals surface area contributed by atoms with Gasteiger partial charge in [0.15, 0.2) is 0 Å². The van der Waals surface area contributed by atoms with E-state index >= 15 is 0 Å². The normalized spacial score (nSPS) is 28.1. The minimum Gasteiger partial charge on any atom is -0.497 e. The van der Waals surface area contributed by atoms with Crippen molar-refractivity contribution in [2.24, 2.45) is 0 Å². The Kier molecular flexibility index (Phi) is 3.94.